The molecule has 0 aromatic heterocycles. The quantitative estimate of drug-likeness (QED) is 0.682. The first-order chi connectivity index (χ1) is 11.5. The molecule has 2 rings (SSSR count). The van der Waals surface area contributed by atoms with E-state index >= 15 is 0 Å². The van der Waals surface area contributed by atoms with Crippen molar-refractivity contribution in [1.82, 2.24) is 5.32 Å². The van der Waals surface area contributed by atoms with Gasteiger partial charge in [-0.05, 0) is 38.5 Å². The first kappa shape index (κ1) is 18.1. The maximum Gasteiger partial charge on any atom is 0.319 e. The molecule has 2 atom stereocenters. The van der Waals surface area contributed by atoms with E-state index in [9.17, 15) is 9.59 Å². The number of urea groups is 1. The molecule has 0 fully saturated rings. The summed E-state index contributed by atoms with van der Waals surface area (Å²) in [7, 11) is 0. The molecule has 0 saturated carbocycles. The smallest absolute Gasteiger partial charge is 0.319 e. The van der Waals surface area contributed by atoms with Crippen molar-refractivity contribution in [2.45, 2.75) is 39.8 Å². The maximum atomic E-state index is 12.0. The Labute approximate surface area is 142 Å². The minimum absolute atomic E-state index is 0.350. The number of hydrogen-bond acceptors (Lipinski definition) is 4. The van der Waals surface area contributed by atoms with Crippen LogP contribution in [0.1, 0.15) is 31.9 Å². The van der Waals surface area contributed by atoms with Crippen molar-refractivity contribution >= 4 is 11.9 Å². The van der Waals surface area contributed by atoms with Crippen LogP contribution in [0.2, 0.25) is 0 Å². The van der Waals surface area contributed by atoms with Gasteiger partial charge in [0.1, 0.15) is 6.54 Å². The van der Waals surface area contributed by atoms with E-state index in [1.165, 1.54) is 5.56 Å². The minimum atomic E-state index is -0.816. The summed E-state index contributed by atoms with van der Waals surface area (Å²) < 4.78 is 11.3. The van der Waals surface area contributed by atoms with Crippen LogP contribution in [-0.4, -0.2) is 37.7 Å². The van der Waals surface area contributed by atoms with E-state index in [0.717, 1.165) is 34.9 Å². The second kappa shape index (κ2) is 8.01. The van der Waals surface area contributed by atoms with E-state index in [4.69, 9.17) is 15.2 Å². The standard InChI is InChI=1S/C17H25N3O4/c1-4-23-14-8-12-6-7-20(11(3)16(21)19-17(18)22)10-13(12)9-15(14)24-5-2/h8-9,11H,4-7,10H2,1-3H3,(H3,18,19,21,22)/p+1/t11-/m0/s1. The van der Waals surface area contributed by atoms with Crippen molar-refractivity contribution in [3.05, 3.63) is 23.3 Å². The fraction of sp³-hybridized carbons (Fsp3) is 0.529. The highest BCUT2D eigenvalue weighted by Gasteiger charge is 2.30. The number of fused-ring (bicyclic) bond motifs is 1. The summed E-state index contributed by atoms with van der Waals surface area (Å²) in [5, 5.41) is 2.16. The summed E-state index contributed by atoms with van der Waals surface area (Å²) >= 11 is 0. The topological polar surface area (TPSA) is 95.1 Å². The summed E-state index contributed by atoms with van der Waals surface area (Å²) in [6, 6.07) is 2.87. The molecule has 1 unspecified atom stereocenters. The summed E-state index contributed by atoms with van der Waals surface area (Å²) in [6.07, 6.45) is 0.839. The number of imide groups is 1. The van der Waals surface area contributed by atoms with Gasteiger partial charge in [0, 0.05) is 12.0 Å². The lowest BCUT2D eigenvalue weighted by Gasteiger charge is -2.30. The lowest BCUT2D eigenvalue weighted by atomic mass is 9.97. The molecule has 1 aromatic carbocycles. The van der Waals surface area contributed by atoms with Gasteiger partial charge >= 0.3 is 6.03 Å². The Balaban J connectivity index is 2.18. The van der Waals surface area contributed by atoms with E-state index < -0.39 is 6.03 Å². The summed E-state index contributed by atoms with van der Waals surface area (Å²) in [6.45, 7) is 8.32. The summed E-state index contributed by atoms with van der Waals surface area (Å²) in [4.78, 5) is 23.9. The Bertz CT molecular complexity index is 618. The second-order valence-electron chi connectivity index (χ2n) is 5.84. The van der Waals surface area contributed by atoms with Gasteiger partial charge in [0.25, 0.3) is 5.91 Å². The zero-order chi connectivity index (χ0) is 17.7. The highest BCUT2D eigenvalue weighted by atomic mass is 16.5. The Kier molecular flexibility index (Phi) is 6.03. The van der Waals surface area contributed by atoms with E-state index in [0.29, 0.717) is 19.8 Å². The van der Waals surface area contributed by atoms with Crippen molar-refractivity contribution in [3.8, 4) is 11.5 Å². The van der Waals surface area contributed by atoms with Crippen LogP contribution in [0.25, 0.3) is 0 Å². The zero-order valence-electron chi connectivity index (χ0n) is 14.5. The molecule has 24 heavy (non-hydrogen) atoms. The predicted octanol–water partition coefficient (Wildman–Crippen LogP) is 0.00840. The molecule has 1 aliphatic heterocycles. The fourth-order valence-electron chi connectivity index (χ4n) is 2.99. The molecule has 1 aliphatic rings. The third-order valence-electron chi connectivity index (χ3n) is 4.25. The van der Waals surface area contributed by atoms with Gasteiger partial charge in [-0.1, -0.05) is 0 Å². The molecule has 1 aromatic rings. The number of primary amides is 1. The Morgan fingerprint density at radius 3 is 2.33 bits per heavy atom. The van der Waals surface area contributed by atoms with Crippen LogP contribution >= 0.6 is 0 Å². The maximum absolute atomic E-state index is 12.0. The molecular formula is C17H26N3O4+. The average molecular weight is 336 g/mol. The van der Waals surface area contributed by atoms with Crippen LogP contribution in [0.5, 0.6) is 11.5 Å². The normalized spacial score (nSPS) is 17.5. The van der Waals surface area contributed by atoms with Crippen molar-refractivity contribution in [3.63, 3.8) is 0 Å². The number of nitrogens with two attached hydrogens (primary N) is 1. The van der Waals surface area contributed by atoms with E-state index in [2.05, 4.69) is 5.32 Å². The number of carbonyl (C=O) groups is 2. The van der Waals surface area contributed by atoms with Crippen molar-refractivity contribution < 1.29 is 24.0 Å². The highest BCUT2D eigenvalue weighted by molar-refractivity contribution is 5.95. The predicted molar refractivity (Wildman–Crippen MR) is 89.2 cm³/mol. The lowest BCUT2D eigenvalue weighted by molar-refractivity contribution is -0.929. The van der Waals surface area contributed by atoms with Gasteiger partial charge < -0.3 is 20.1 Å². The van der Waals surface area contributed by atoms with Crippen molar-refractivity contribution in [1.29, 1.82) is 0 Å². The molecule has 4 N–H and O–H groups in total. The molecule has 0 bridgehead atoms. The zero-order valence-corrected chi connectivity index (χ0v) is 14.5. The van der Waals surface area contributed by atoms with E-state index in [1.54, 1.807) is 6.92 Å². The Morgan fingerprint density at radius 1 is 1.21 bits per heavy atom. The fourth-order valence-corrected chi connectivity index (χ4v) is 2.99. The lowest BCUT2D eigenvalue weighted by Crippen LogP contribution is -3.16. The Morgan fingerprint density at radius 2 is 1.79 bits per heavy atom. The van der Waals surface area contributed by atoms with Crippen LogP contribution in [-0.2, 0) is 17.8 Å². The summed E-state index contributed by atoms with van der Waals surface area (Å²) in [5.41, 5.74) is 7.38. The number of amides is 3. The SMILES string of the molecule is CCOc1cc2c(cc1OCC)C[NH+]([C@@H](C)C(=O)NC(N)=O)CC2. The van der Waals surface area contributed by atoms with Gasteiger partial charge in [-0.3, -0.25) is 10.1 Å². The molecule has 7 heteroatoms. The second-order valence-corrected chi connectivity index (χ2v) is 5.84. The molecule has 0 aliphatic carbocycles. The molecule has 7 nitrogen and oxygen atoms in total. The third-order valence-corrected chi connectivity index (χ3v) is 4.25. The number of nitrogens with one attached hydrogen (secondary N) is 2. The van der Waals surface area contributed by atoms with Gasteiger partial charge in [-0.25, -0.2) is 4.79 Å². The van der Waals surface area contributed by atoms with Crippen molar-refractivity contribution in [2.24, 2.45) is 5.73 Å². The molecule has 0 saturated heterocycles. The number of hydrogen-bond donors (Lipinski definition) is 3. The molecule has 1 heterocycles. The molecular weight excluding hydrogens is 310 g/mol. The first-order valence-corrected chi connectivity index (χ1v) is 8.32. The average Bonchev–Trinajstić information content (AvgIpc) is 2.54. The number of benzene rings is 1. The number of carbonyl (C=O) groups excluding carboxylic acids is 2. The van der Waals surface area contributed by atoms with Gasteiger partial charge in [0.2, 0.25) is 0 Å². The van der Waals surface area contributed by atoms with Gasteiger partial charge in [0.05, 0.1) is 19.8 Å². The third kappa shape index (κ3) is 4.17. The van der Waals surface area contributed by atoms with Crippen LogP contribution in [0.3, 0.4) is 0 Å². The highest BCUT2D eigenvalue weighted by Crippen LogP contribution is 2.32. The minimum Gasteiger partial charge on any atom is -0.490 e. The van der Waals surface area contributed by atoms with Crippen molar-refractivity contribution in [2.75, 3.05) is 19.8 Å². The first-order valence-electron chi connectivity index (χ1n) is 8.32. The van der Waals surface area contributed by atoms with Crippen LogP contribution in [0, 0.1) is 0 Å². The Hall–Kier alpha value is -2.28. The number of ether oxygens (including phenoxy) is 2. The van der Waals surface area contributed by atoms with Gasteiger partial charge in [-0.15, -0.1) is 0 Å². The molecule has 0 spiro atoms. The van der Waals surface area contributed by atoms with E-state index in [1.807, 2.05) is 26.0 Å². The number of quaternary nitrogens is 1. The largest absolute Gasteiger partial charge is 0.490 e. The van der Waals surface area contributed by atoms with Crippen LogP contribution in [0.4, 0.5) is 4.79 Å². The van der Waals surface area contributed by atoms with E-state index in [-0.39, 0.29) is 11.9 Å². The monoisotopic (exact) mass is 336 g/mol. The molecule has 132 valence electrons. The molecule has 3 amide bonds. The van der Waals surface area contributed by atoms with Gasteiger partial charge in [0.15, 0.2) is 17.5 Å². The summed E-state index contributed by atoms with van der Waals surface area (Å²) in [5.74, 6) is 1.14. The number of rotatable bonds is 6. The van der Waals surface area contributed by atoms with Crippen LogP contribution < -0.4 is 25.4 Å². The van der Waals surface area contributed by atoms with Gasteiger partial charge in [-0.2, -0.15) is 0 Å². The van der Waals surface area contributed by atoms with Crippen LogP contribution in [0.15, 0.2) is 12.1 Å². The molecule has 0 radical (unpaired) electrons.